The zero-order valence-corrected chi connectivity index (χ0v) is 18.7. The summed E-state index contributed by atoms with van der Waals surface area (Å²) in [6, 6.07) is 8.48. The Bertz CT molecular complexity index is 843. The van der Waals surface area contributed by atoms with Crippen molar-refractivity contribution in [2.45, 2.75) is 71.5 Å². The summed E-state index contributed by atoms with van der Waals surface area (Å²) in [4.78, 5) is 30.8. The third-order valence-electron chi connectivity index (χ3n) is 5.89. The van der Waals surface area contributed by atoms with Crippen LogP contribution in [0.15, 0.2) is 35.7 Å². The van der Waals surface area contributed by atoms with Crippen LogP contribution in [0.3, 0.4) is 0 Å². The van der Waals surface area contributed by atoms with Crippen molar-refractivity contribution in [1.29, 1.82) is 0 Å². The lowest BCUT2D eigenvalue weighted by atomic mass is 9.94. The minimum absolute atomic E-state index is 0.0456. The fourth-order valence-corrected chi connectivity index (χ4v) is 4.97. The van der Waals surface area contributed by atoms with Crippen LogP contribution in [0.5, 0.6) is 0 Å². The molecule has 0 unspecified atom stereocenters. The van der Waals surface area contributed by atoms with E-state index in [0.717, 1.165) is 41.7 Å². The van der Waals surface area contributed by atoms with Crippen molar-refractivity contribution in [1.82, 2.24) is 9.80 Å². The van der Waals surface area contributed by atoms with Crippen molar-refractivity contribution >= 4 is 23.2 Å². The predicted octanol–water partition coefficient (Wildman–Crippen LogP) is 5.30. The van der Waals surface area contributed by atoms with Crippen LogP contribution < -0.4 is 0 Å². The molecule has 162 valence electrons. The Morgan fingerprint density at radius 1 is 1.03 bits per heavy atom. The normalized spacial score (nSPS) is 14.5. The van der Waals surface area contributed by atoms with Crippen molar-refractivity contribution < 1.29 is 14.0 Å². The van der Waals surface area contributed by atoms with Crippen LogP contribution in [0.4, 0.5) is 4.39 Å². The standard InChI is InChI=1S/C24H31FN2O2S/c1-3-23(28)27(21-7-5-4-6-8-21)17-24(29)26(16-22-18(2)13-14-30-22)15-19-9-11-20(25)12-10-19/h9-14,21H,3-8,15-17H2,1-2H3. The maximum atomic E-state index is 13.4. The molecule has 1 aliphatic carbocycles. The van der Waals surface area contributed by atoms with E-state index in [2.05, 4.69) is 6.07 Å². The number of halogens is 1. The van der Waals surface area contributed by atoms with Gasteiger partial charge in [-0.1, -0.05) is 38.3 Å². The van der Waals surface area contributed by atoms with Gasteiger partial charge in [0.05, 0.1) is 6.54 Å². The Balaban J connectivity index is 1.78. The highest BCUT2D eigenvalue weighted by Crippen LogP contribution is 2.24. The number of aryl methyl sites for hydroxylation is 1. The molecule has 1 saturated carbocycles. The van der Waals surface area contributed by atoms with Gasteiger partial charge < -0.3 is 9.80 Å². The van der Waals surface area contributed by atoms with Crippen LogP contribution in [0.2, 0.25) is 0 Å². The van der Waals surface area contributed by atoms with E-state index in [1.54, 1.807) is 33.3 Å². The van der Waals surface area contributed by atoms with Gasteiger partial charge in [-0.25, -0.2) is 4.39 Å². The number of nitrogens with zero attached hydrogens (tertiary/aromatic N) is 2. The molecule has 1 heterocycles. The highest BCUT2D eigenvalue weighted by Gasteiger charge is 2.28. The first kappa shape index (κ1) is 22.5. The minimum Gasteiger partial charge on any atom is -0.332 e. The van der Waals surface area contributed by atoms with Crippen LogP contribution in [-0.4, -0.2) is 34.2 Å². The lowest BCUT2D eigenvalue weighted by molar-refractivity contribution is -0.143. The maximum absolute atomic E-state index is 13.4. The number of hydrogen-bond donors (Lipinski definition) is 0. The Kier molecular flexibility index (Phi) is 8.02. The van der Waals surface area contributed by atoms with E-state index in [0.29, 0.717) is 19.5 Å². The lowest BCUT2D eigenvalue weighted by Gasteiger charge is -2.35. The van der Waals surface area contributed by atoms with E-state index < -0.39 is 0 Å². The number of carbonyl (C=O) groups is 2. The van der Waals surface area contributed by atoms with Crippen molar-refractivity contribution in [2.75, 3.05) is 6.54 Å². The molecular weight excluding hydrogens is 399 g/mol. The average molecular weight is 431 g/mol. The average Bonchev–Trinajstić information content (AvgIpc) is 3.17. The highest BCUT2D eigenvalue weighted by atomic mass is 32.1. The summed E-state index contributed by atoms with van der Waals surface area (Å²) >= 11 is 1.63. The molecule has 0 radical (unpaired) electrons. The second-order valence-electron chi connectivity index (χ2n) is 8.07. The first-order chi connectivity index (χ1) is 14.5. The van der Waals surface area contributed by atoms with Crippen LogP contribution in [0, 0.1) is 12.7 Å². The first-order valence-electron chi connectivity index (χ1n) is 10.8. The number of carbonyl (C=O) groups excluding carboxylic acids is 2. The molecule has 2 aromatic rings. The van der Waals surface area contributed by atoms with Gasteiger partial charge in [-0.2, -0.15) is 0 Å². The SMILES string of the molecule is CCC(=O)N(CC(=O)N(Cc1ccc(F)cc1)Cc1sccc1C)C1CCCCC1. The monoisotopic (exact) mass is 430 g/mol. The van der Waals surface area contributed by atoms with Gasteiger partial charge >= 0.3 is 0 Å². The third-order valence-corrected chi connectivity index (χ3v) is 6.89. The molecule has 1 aliphatic rings. The molecule has 30 heavy (non-hydrogen) atoms. The smallest absolute Gasteiger partial charge is 0.242 e. The molecule has 1 fully saturated rings. The molecule has 0 saturated heterocycles. The van der Waals surface area contributed by atoms with Crippen molar-refractivity contribution in [3.63, 3.8) is 0 Å². The van der Waals surface area contributed by atoms with Crippen LogP contribution >= 0.6 is 11.3 Å². The van der Waals surface area contributed by atoms with E-state index >= 15 is 0 Å². The van der Waals surface area contributed by atoms with Gasteiger partial charge in [0.25, 0.3) is 0 Å². The van der Waals surface area contributed by atoms with Crippen LogP contribution in [0.25, 0.3) is 0 Å². The molecule has 1 aromatic heterocycles. The number of benzene rings is 1. The van der Waals surface area contributed by atoms with E-state index in [4.69, 9.17) is 0 Å². The molecule has 0 N–H and O–H groups in total. The molecule has 0 atom stereocenters. The zero-order valence-electron chi connectivity index (χ0n) is 17.9. The van der Waals surface area contributed by atoms with E-state index in [1.165, 1.54) is 18.6 Å². The number of rotatable bonds is 8. The summed E-state index contributed by atoms with van der Waals surface area (Å²) in [5.74, 6) is -0.300. The predicted molar refractivity (Wildman–Crippen MR) is 119 cm³/mol. The van der Waals surface area contributed by atoms with Crippen molar-refractivity contribution in [2.24, 2.45) is 0 Å². The molecule has 3 rings (SSSR count). The lowest BCUT2D eigenvalue weighted by Crippen LogP contribution is -2.47. The molecule has 6 heteroatoms. The Labute approximate surface area is 182 Å². The number of thiophene rings is 1. The quantitative estimate of drug-likeness (QED) is 0.570. The fraction of sp³-hybridized carbons (Fsp3) is 0.500. The summed E-state index contributed by atoms with van der Waals surface area (Å²) < 4.78 is 13.3. The second kappa shape index (κ2) is 10.7. The van der Waals surface area contributed by atoms with Gasteiger partial charge in [-0.15, -0.1) is 11.3 Å². The zero-order chi connectivity index (χ0) is 21.5. The van der Waals surface area contributed by atoms with E-state index in [-0.39, 0.29) is 30.2 Å². The summed E-state index contributed by atoms with van der Waals surface area (Å²) in [7, 11) is 0. The van der Waals surface area contributed by atoms with Crippen molar-refractivity contribution in [3.05, 3.63) is 57.5 Å². The topological polar surface area (TPSA) is 40.6 Å². The van der Waals surface area contributed by atoms with Gasteiger partial charge in [0.1, 0.15) is 12.4 Å². The molecule has 0 spiro atoms. The Hall–Kier alpha value is -2.21. The van der Waals surface area contributed by atoms with Gasteiger partial charge in [-0.3, -0.25) is 9.59 Å². The molecular formula is C24H31FN2O2S. The molecule has 0 aliphatic heterocycles. The number of amides is 2. The summed E-state index contributed by atoms with van der Waals surface area (Å²) in [6.45, 7) is 4.91. The largest absolute Gasteiger partial charge is 0.332 e. The fourth-order valence-electron chi connectivity index (χ4n) is 4.04. The van der Waals surface area contributed by atoms with E-state index in [1.807, 2.05) is 19.2 Å². The molecule has 1 aromatic carbocycles. The van der Waals surface area contributed by atoms with Crippen LogP contribution in [0.1, 0.15) is 61.5 Å². The molecule has 2 amide bonds. The van der Waals surface area contributed by atoms with Gasteiger partial charge in [0.15, 0.2) is 0 Å². The van der Waals surface area contributed by atoms with E-state index in [9.17, 15) is 14.0 Å². The first-order valence-corrected chi connectivity index (χ1v) is 11.7. The molecule has 4 nitrogen and oxygen atoms in total. The van der Waals surface area contributed by atoms with Crippen LogP contribution in [-0.2, 0) is 22.7 Å². The summed E-state index contributed by atoms with van der Waals surface area (Å²) in [5, 5.41) is 2.03. The Morgan fingerprint density at radius 3 is 2.33 bits per heavy atom. The van der Waals surface area contributed by atoms with Gasteiger partial charge in [0, 0.05) is 23.9 Å². The summed E-state index contributed by atoms with van der Waals surface area (Å²) in [6.07, 6.45) is 5.78. The minimum atomic E-state index is -0.289. The summed E-state index contributed by atoms with van der Waals surface area (Å²) in [5.41, 5.74) is 2.04. The van der Waals surface area contributed by atoms with Crippen molar-refractivity contribution in [3.8, 4) is 0 Å². The van der Waals surface area contributed by atoms with Gasteiger partial charge in [-0.05, 0) is 54.5 Å². The highest BCUT2D eigenvalue weighted by molar-refractivity contribution is 7.10. The molecule has 0 bridgehead atoms. The number of hydrogen-bond acceptors (Lipinski definition) is 3. The third kappa shape index (κ3) is 5.91. The second-order valence-corrected chi connectivity index (χ2v) is 9.07. The Morgan fingerprint density at radius 2 is 1.73 bits per heavy atom. The maximum Gasteiger partial charge on any atom is 0.242 e. The van der Waals surface area contributed by atoms with Gasteiger partial charge in [0.2, 0.25) is 11.8 Å².